The predicted molar refractivity (Wildman–Crippen MR) is 111 cm³/mol. The molecule has 0 spiro atoms. The molecule has 0 amide bonds. The number of hydrogen-bond donors (Lipinski definition) is 3. The van der Waals surface area contributed by atoms with Gasteiger partial charge in [0.05, 0.1) is 0 Å². The average molecular weight is 468 g/mol. The Kier molecular flexibility index (Phi) is 7.10. The molecule has 0 radical (unpaired) electrons. The minimum absolute atomic E-state index is 0.113. The SMILES string of the molecule is Cc1ccc(Nc2ccc(NCCNS(=O)(=O)c3ccccc3OC(F)(F)F)nn2)nc1. The Hall–Kier alpha value is -3.45. The molecule has 9 nitrogen and oxygen atoms in total. The number of aromatic nitrogens is 3. The van der Waals surface area contributed by atoms with Crippen molar-refractivity contribution in [2.24, 2.45) is 0 Å². The molecule has 0 atom stereocenters. The van der Waals surface area contributed by atoms with Gasteiger partial charge < -0.3 is 15.4 Å². The molecule has 0 unspecified atom stereocenters. The van der Waals surface area contributed by atoms with Gasteiger partial charge >= 0.3 is 6.36 Å². The predicted octanol–water partition coefficient (Wildman–Crippen LogP) is 3.21. The smallest absolute Gasteiger partial charge is 0.404 e. The van der Waals surface area contributed by atoms with Crippen LogP contribution < -0.4 is 20.1 Å². The number of nitrogens with one attached hydrogen (secondary N) is 3. The molecule has 3 aromatic rings. The van der Waals surface area contributed by atoms with Crippen molar-refractivity contribution in [2.45, 2.75) is 18.2 Å². The maximum atomic E-state index is 12.5. The third-order valence-electron chi connectivity index (χ3n) is 3.92. The molecule has 0 aliphatic heterocycles. The van der Waals surface area contributed by atoms with Crippen LogP contribution in [-0.2, 0) is 10.0 Å². The van der Waals surface area contributed by atoms with E-state index in [2.05, 4.69) is 35.3 Å². The van der Waals surface area contributed by atoms with E-state index in [4.69, 9.17) is 0 Å². The van der Waals surface area contributed by atoms with E-state index in [-0.39, 0.29) is 13.1 Å². The van der Waals surface area contributed by atoms with Gasteiger partial charge in [-0.2, -0.15) is 0 Å². The van der Waals surface area contributed by atoms with E-state index in [9.17, 15) is 21.6 Å². The maximum absolute atomic E-state index is 12.5. The number of nitrogens with zero attached hydrogens (tertiary/aromatic N) is 3. The fourth-order valence-electron chi connectivity index (χ4n) is 2.50. The molecule has 3 N–H and O–H groups in total. The molecular formula is C19H19F3N6O3S. The number of ether oxygens (including phenoxy) is 1. The molecule has 0 bridgehead atoms. The molecule has 0 saturated heterocycles. The zero-order chi connectivity index (χ0) is 23.2. The molecule has 170 valence electrons. The minimum Gasteiger partial charge on any atom is -0.404 e. The van der Waals surface area contributed by atoms with Gasteiger partial charge in [0.2, 0.25) is 10.0 Å². The van der Waals surface area contributed by atoms with Gasteiger partial charge in [0.1, 0.15) is 22.3 Å². The highest BCUT2D eigenvalue weighted by Gasteiger charge is 2.33. The number of sulfonamides is 1. The van der Waals surface area contributed by atoms with Gasteiger partial charge in [0, 0.05) is 19.3 Å². The topological polar surface area (TPSA) is 118 Å². The van der Waals surface area contributed by atoms with Gasteiger partial charge in [-0.25, -0.2) is 18.1 Å². The Morgan fingerprint density at radius 1 is 0.938 bits per heavy atom. The third-order valence-corrected chi connectivity index (χ3v) is 5.42. The lowest BCUT2D eigenvalue weighted by Gasteiger charge is -2.14. The van der Waals surface area contributed by atoms with Crippen LogP contribution in [0.1, 0.15) is 5.56 Å². The van der Waals surface area contributed by atoms with E-state index in [1.54, 1.807) is 24.4 Å². The highest BCUT2D eigenvalue weighted by Crippen LogP contribution is 2.29. The van der Waals surface area contributed by atoms with Crippen molar-refractivity contribution < 1.29 is 26.3 Å². The average Bonchev–Trinajstić information content (AvgIpc) is 2.73. The number of halogens is 3. The molecule has 0 aliphatic carbocycles. The van der Waals surface area contributed by atoms with Crippen molar-refractivity contribution in [1.29, 1.82) is 0 Å². The van der Waals surface area contributed by atoms with Gasteiger partial charge in [-0.05, 0) is 42.8 Å². The summed E-state index contributed by atoms with van der Waals surface area (Å²) in [5.74, 6) is 0.647. The van der Waals surface area contributed by atoms with E-state index in [1.807, 2.05) is 13.0 Å². The Balaban J connectivity index is 1.52. The molecule has 13 heteroatoms. The molecule has 1 aromatic carbocycles. The first-order chi connectivity index (χ1) is 15.1. The van der Waals surface area contributed by atoms with Crippen LogP contribution in [0.2, 0.25) is 0 Å². The van der Waals surface area contributed by atoms with Gasteiger partial charge in [0.25, 0.3) is 0 Å². The van der Waals surface area contributed by atoms with Crippen LogP contribution in [0.5, 0.6) is 5.75 Å². The number of anilines is 3. The van der Waals surface area contributed by atoms with Gasteiger partial charge in [-0.1, -0.05) is 18.2 Å². The summed E-state index contributed by atoms with van der Waals surface area (Å²) in [7, 11) is -4.23. The second kappa shape index (κ2) is 9.78. The molecule has 2 aromatic heterocycles. The molecule has 3 rings (SSSR count). The zero-order valence-electron chi connectivity index (χ0n) is 16.7. The monoisotopic (exact) mass is 468 g/mol. The van der Waals surface area contributed by atoms with E-state index in [1.165, 1.54) is 12.1 Å². The molecule has 0 saturated carbocycles. The molecule has 32 heavy (non-hydrogen) atoms. The number of rotatable bonds is 9. The van der Waals surface area contributed by atoms with Crippen molar-refractivity contribution in [3.63, 3.8) is 0 Å². The maximum Gasteiger partial charge on any atom is 0.573 e. The first-order valence-electron chi connectivity index (χ1n) is 9.24. The summed E-state index contributed by atoms with van der Waals surface area (Å²) in [6.45, 7) is 1.92. The summed E-state index contributed by atoms with van der Waals surface area (Å²) in [5, 5.41) is 13.8. The number of benzene rings is 1. The summed E-state index contributed by atoms with van der Waals surface area (Å²) in [4.78, 5) is 3.59. The molecule has 0 aliphatic rings. The Morgan fingerprint density at radius 2 is 1.62 bits per heavy atom. The number of alkyl halides is 3. The highest BCUT2D eigenvalue weighted by atomic mass is 32.2. The summed E-state index contributed by atoms with van der Waals surface area (Å²) in [5.41, 5.74) is 1.02. The fourth-order valence-corrected chi connectivity index (χ4v) is 3.66. The zero-order valence-corrected chi connectivity index (χ0v) is 17.5. The van der Waals surface area contributed by atoms with Crippen LogP contribution in [0.25, 0.3) is 0 Å². The Morgan fingerprint density at radius 3 is 2.28 bits per heavy atom. The van der Waals surface area contributed by atoms with Crippen LogP contribution in [0.3, 0.4) is 0 Å². The largest absolute Gasteiger partial charge is 0.573 e. The highest BCUT2D eigenvalue weighted by molar-refractivity contribution is 7.89. The van der Waals surface area contributed by atoms with Crippen LogP contribution in [-0.4, -0.2) is 43.1 Å². The number of pyridine rings is 1. The van der Waals surface area contributed by atoms with Crippen LogP contribution in [0.4, 0.5) is 30.6 Å². The standard InChI is InChI=1S/C19H19F3N6O3S/c1-13-6-7-16(24-12-13)26-18-9-8-17(27-28-18)23-10-11-25-32(29,30)15-5-3-2-4-14(15)31-19(20,21)22/h2-9,12,25H,10-11H2,1H3,(H,23,27)(H,24,26,28). The van der Waals surface area contributed by atoms with Gasteiger partial charge in [0.15, 0.2) is 5.82 Å². The Bertz CT molecular complexity index is 1140. The summed E-state index contributed by atoms with van der Waals surface area (Å²) in [6, 6.07) is 11.5. The van der Waals surface area contributed by atoms with Gasteiger partial charge in [-0.15, -0.1) is 23.4 Å². The Labute approximate surface area is 182 Å². The van der Waals surface area contributed by atoms with Crippen LogP contribution in [0.15, 0.2) is 59.6 Å². The van der Waals surface area contributed by atoms with Crippen molar-refractivity contribution in [3.05, 3.63) is 60.3 Å². The van der Waals surface area contributed by atoms with Crippen molar-refractivity contribution >= 4 is 27.5 Å². The lowest BCUT2D eigenvalue weighted by molar-refractivity contribution is -0.275. The van der Waals surface area contributed by atoms with Crippen LogP contribution in [0, 0.1) is 6.92 Å². The van der Waals surface area contributed by atoms with Crippen molar-refractivity contribution in [1.82, 2.24) is 19.9 Å². The van der Waals surface area contributed by atoms with Crippen molar-refractivity contribution in [2.75, 3.05) is 23.7 Å². The fraction of sp³-hybridized carbons (Fsp3) is 0.211. The quantitative estimate of drug-likeness (QED) is 0.410. The van der Waals surface area contributed by atoms with Crippen LogP contribution >= 0.6 is 0 Å². The second-order valence-electron chi connectivity index (χ2n) is 6.47. The number of hydrogen-bond acceptors (Lipinski definition) is 8. The lowest BCUT2D eigenvalue weighted by Crippen LogP contribution is -2.30. The van der Waals surface area contributed by atoms with E-state index in [0.717, 1.165) is 17.7 Å². The first-order valence-corrected chi connectivity index (χ1v) is 10.7. The van der Waals surface area contributed by atoms with Gasteiger partial charge in [-0.3, -0.25) is 0 Å². The summed E-state index contributed by atoms with van der Waals surface area (Å²) >= 11 is 0. The molecule has 2 heterocycles. The van der Waals surface area contributed by atoms with Crippen molar-refractivity contribution in [3.8, 4) is 5.75 Å². The number of aryl methyl sites for hydroxylation is 1. The minimum atomic E-state index is -5.01. The van der Waals surface area contributed by atoms with E-state index >= 15 is 0 Å². The molecular weight excluding hydrogens is 449 g/mol. The normalized spacial score (nSPS) is 11.8. The summed E-state index contributed by atoms with van der Waals surface area (Å²) < 4.78 is 68.2. The number of para-hydroxylation sites is 1. The lowest BCUT2D eigenvalue weighted by atomic mass is 10.3. The summed E-state index contributed by atoms with van der Waals surface area (Å²) in [6.07, 6.45) is -3.30. The van der Waals surface area contributed by atoms with E-state index in [0.29, 0.717) is 17.5 Å². The third kappa shape index (κ3) is 6.78. The first kappa shape index (κ1) is 23.2. The van der Waals surface area contributed by atoms with E-state index < -0.39 is 27.0 Å². The second-order valence-corrected chi connectivity index (χ2v) is 8.20. The molecule has 0 fully saturated rings.